The first kappa shape index (κ1) is 21.6. The molecule has 30 heavy (non-hydrogen) atoms. The fourth-order valence-electron chi connectivity index (χ4n) is 3.82. The molecule has 1 aliphatic rings. The highest BCUT2D eigenvalue weighted by atomic mass is 16.2. The van der Waals surface area contributed by atoms with E-state index in [2.05, 4.69) is 45.7 Å². The van der Waals surface area contributed by atoms with Gasteiger partial charge in [-0.25, -0.2) is 0 Å². The van der Waals surface area contributed by atoms with E-state index >= 15 is 0 Å². The first-order valence-electron chi connectivity index (χ1n) is 10.5. The number of aryl methyl sites for hydroxylation is 3. The predicted octanol–water partition coefficient (Wildman–Crippen LogP) is 4.77. The van der Waals surface area contributed by atoms with Crippen LogP contribution in [0.15, 0.2) is 36.4 Å². The minimum atomic E-state index is 0.104. The van der Waals surface area contributed by atoms with Gasteiger partial charge in [0.15, 0.2) is 5.82 Å². The van der Waals surface area contributed by atoms with E-state index < -0.39 is 0 Å². The molecule has 158 valence electrons. The van der Waals surface area contributed by atoms with Crippen LogP contribution in [0.3, 0.4) is 0 Å². The highest BCUT2D eigenvalue weighted by Crippen LogP contribution is 2.29. The molecule has 1 aromatic carbocycles. The molecule has 2 aromatic heterocycles. The maximum atomic E-state index is 11.8. The molecule has 0 saturated heterocycles. The summed E-state index contributed by atoms with van der Waals surface area (Å²) >= 11 is 0. The monoisotopic (exact) mass is 405 g/mol. The normalized spacial score (nSPS) is 12.7. The third-order valence-electron chi connectivity index (χ3n) is 5.37. The van der Waals surface area contributed by atoms with Crippen LogP contribution in [-0.2, 0) is 24.8 Å². The van der Waals surface area contributed by atoms with Gasteiger partial charge in [0.05, 0.1) is 6.54 Å². The number of fused-ring (bicyclic) bond motifs is 1. The SMILES string of the molecule is CC.CC(=O)N1CCc2c(c(Nc3ccc(-c4ccc(C)nc4C)cc3)nn2C)C1. The molecule has 3 heterocycles. The van der Waals surface area contributed by atoms with Crippen molar-refractivity contribution < 1.29 is 4.79 Å². The standard InChI is InChI=1S/C22H25N5O.C2H6/c1-14-5-10-19(15(2)23-14)17-6-8-18(9-7-17)24-22-20-13-27(16(3)28)12-11-21(20)26(4)25-22;1-2/h5-10H,11-13H2,1-4H3,(H,24,25);1-2H3. The maximum absolute atomic E-state index is 11.8. The summed E-state index contributed by atoms with van der Waals surface area (Å²) in [5.74, 6) is 0.927. The Bertz CT molecular complexity index is 1040. The number of nitrogens with one attached hydrogen (secondary N) is 1. The van der Waals surface area contributed by atoms with Crippen LogP contribution in [0.1, 0.15) is 43.4 Å². The van der Waals surface area contributed by atoms with E-state index in [1.54, 1.807) is 6.92 Å². The van der Waals surface area contributed by atoms with Gasteiger partial charge in [0.25, 0.3) is 0 Å². The van der Waals surface area contributed by atoms with Gasteiger partial charge < -0.3 is 10.2 Å². The van der Waals surface area contributed by atoms with Gasteiger partial charge >= 0.3 is 0 Å². The van der Waals surface area contributed by atoms with Gasteiger partial charge in [0.2, 0.25) is 5.91 Å². The number of anilines is 2. The van der Waals surface area contributed by atoms with Gasteiger partial charge in [0.1, 0.15) is 0 Å². The van der Waals surface area contributed by atoms with Crippen LogP contribution in [0, 0.1) is 13.8 Å². The van der Waals surface area contributed by atoms with Crippen LogP contribution in [0.2, 0.25) is 0 Å². The van der Waals surface area contributed by atoms with Crippen molar-refractivity contribution in [3.05, 3.63) is 59.0 Å². The third-order valence-corrected chi connectivity index (χ3v) is 5.37. The van der Waals surface area contributed by atoms with Crippen molar-refractivity contribution in [1.29, 1.82) is 0 Å². The van der Waals surface area contributed by atoms with E-state index in [-0.39, 0.29) is 5.91 Å². The van der Waals surface area contributed by atoms with E-state index in [1.807, 2.05) is 50.4 Å². The highest BCUT2D eigenvalue weighted by Gasteiger charge is 2.25. The molecule has 0 spiro atoms. The smallest absolute Gasteiger partial charge is 0.219 e. The van der Waals surface area contributed by atoms with Crippen molar-refractivity contribution in [2.45, 2.75) is 47.6 Å². The van der Waals surface area contributed by atoms with E-state index in [0.717, 1.165) is 52.5 Å². The largest absolute Gasteiger partial charge is 0.338 e. The molecule has 0 bridgehead atoms. The first-order valence-corrected chi connectivity index (χ1v) is 10.5. The number of amides is 1. The lowest BCUT2D eigenvalue weighted by Gasteiger charge is -2.26. The topological polar surface area (TPSA) is 63.1 Å². The average Bonchev–Trinajstić information content (AvgIpc) is 3.05. The Morgan fingerprint density at radius 2 is 1.77 bits per heavy atom. The van der Waals surface area contributed by atoms with Crippen LogP contribution in [0.5, 0.6) is 0 Å². The highest BCUT2D eigenvalue weighted by molar-refractivity contribution is 5.74. The zero-order valence-corrected chi connectivity index (χ0v) is 18.8. The maximum Gasteiger partial charge on any atom is 0.219 e. The van der Waals surface area contributed by atoms with Crippen molar-refractivity contribution in [3.8, 4) is 11.1 Å². The van der Waals surface area contributed by atoms with Crippen molar-refractivity contribution >= 4 is 17.4 Å². The summed E-state index contributed by atoms with van der Waals surface area (Å²) in [7, 11) is 1.96. The summed E-state index contributed by atoms with van der Waals surface area (Å²) in [6.07, 6.45) is 0.832. The molecular weight excluding hydrogens is 374 g/mol. The number of carbonyl (C=O) groups is 1. The number of carbonyl (C=O) groups excluding carboxylic acids is 1. The summed E-state index contributed by atoms with van der Waals surface area (Å²) in [5, 5.41) is 8.07. The molecule has 0 fully saturated rings. The lowest BCUT2D eigenvalue weighted by molar-refractivity contribution is -0.129. The Hall–Kier alpha value is -3.15. The number of benzene rings is 1. The number of pyridine rings is 1. The van der Waals surface area contributed by atoms with Crippen molar-refractivity contribution in [2.75, 3.05) is 11.9 Å². The number of aromatic nitrogens is 3. The number of rotatable bonds is 3. The zero-order chi connectivity index (χ0) is 21.8. The first-order chi connectivity index (χ1) is 14.4. The van der Waals surface area contributed by atoms with E-state index in [9.17, 15) is 4.79 Å². The molecule has 0 radical (unpaired) electrons. The molecule has 6 nitrogen and oxygen atoms in total. The fourth-order valence-corrected chi connectivity index (χ4v) is 3.82. The summed E-state index contributed by atoms with van der Waals surface area (Å²) < 4.78 is 1.92. The van der Waals surface area contributed by atoms with Crippen molar-refractivity contribution in [3.63, 3.8) is 0 Å². The van der Waals surface area contributed by atoms with Crippen molar-refractivity contribution in [1.82, 2.24) is 19.7 Å². The van der Waals surface area contributed by atoms with Gasteiger partial charge in [-0.1, -0.05) is 32.0 Å². The Morgan fingerprint density at radius 3 is 2.40 bits per heavy atom. The number of nitrogens with zero attached hydrogens (tertiary/aromatic N) is 4. The second kappa shape index (κ2) is 9.11. The molecule has 1 amide bonds. The molecule has 3 aromatic rings. The average molecular weight is 406 g/mol. The quantitative estimate of drug-likeness (QED) is 0.682. The van der Waals surface area contributed by atoms with Gasteiger partial charge in [-0.3, -0.25) is 14.5 Å². The predicted molar refractivity (Wildman–Crippen MR) is 122 cm³/mol. The number of hydrogen-bond donors (Lipinski definition) is 1. The van der Waals surface area contributed by atoms with Crippen molar-refractivity contribution in [2.24, 2.45) is 7.05 Å². The van der Waals surface area contributed by atoms with Gasteiger partial charge in [-0.05, 0) is 37.6 Å². The summed E-state index contributed by atoms with van der Waals surface area (Å²) in [5.41, 5.74) is 7.61. The van der Waals surface area contributed by atoms with E-state index in [1.165, 1.54) is 5.69 Å². The minimum absolute atomic E-state index is 0.104. The lowest BCUT2D eigenvalue weighted by atomic mass is 10.0. The Morgan fingerprint density at radius 1 is 1.07 bits per heavy atom. The lowest BCUT2D eigenvalue weighted by Crippen LogP contribution is -2.34. The molecule has 0 unspecified atom stereocenters. The van der Waals surface area contributed by atoms with Crippen LogP contribution in [0.4, 0.5) is 11.5 Å². The summed E-state index contributed by atoms with van der Waals surface area (Å²) in [6.45, 7) is 11.0. The molecule has 6 heteroatoms. The minimum Gasteiger partial charge on any atom is -0.338 e. The van der Waals surface area contributed by atoms with Gasteiger partial charge in [-0.2, -0.15) is 5.10 Å². The molecule has 0 aliphatic carbocycles. The van der Waals surface area contributed by atoms with Gasteiger partial charge in [0, 0.05) is 60.8 Å². The molecule has 0 saturated carbocycles. The molecule has 0 atom stereocenters. The Balaban J connectivity index is 0.00000124. The summed E-state index contributed by atoms with van der Waals surface area (Å²) in [4.78, 5) is 18.2. The Kier molecular flexibility index (Phi) is 6.55. The molecular formula is C24H31N5O. The molecule has 1 N–H and O–H groups in total. The van der Waals surface area contributed by atoms with E-state index in [0.29, 0.717) is 6.54 Å². The fraction of sp³-hybridized carbons (Fsp3) is 0.375. The second-order valence-corrected chi connectivity index (χ2v) is 7.38. The second-order valence-electron chi connectivity index (χ2n) is 7.38. The molecule has 4 rings (SSSR count). The number of hydrogen-bond acceptors (Lipinski definition) is 4. The zero-order valence-electron chi connectivity index (χ0n) is 18.8. The Labute approximate surface area is 178 Å². The van der Waals surface area contributed by atoms with Crippen LogP contribution >= 0.6 is 0 Å². The van der Waals surface area contributed by atoms with Crippen LogP contribution in [-0.4, -0.2) is 32.1 Å². The molecule has 1 aliphatic heterocycles. The van der Waals surface area contributed by atoms with Crippen LogP contribution in [0.25, 0.3) is 11.1 Å². The van der Waals surface area contributed by atoms with Gasteiger partial charge in [-0.15, -0.1) is 0 Å². The summed E-state index contributed by atoms with van der Waals surface area (Å²) in [6, 6.07) is 12.5. The van der Waals surface area contributed by atoms with Crippen LogP contribution < -0.4 is 5.32 Å². The van der Waals surface area contributed by atoms with E-state index in [4.69, 9.17) is 0 Å². The third kappa shape index (κ3) is 4.37.